The van der Waals surface area contributed by atoms with E-state index < -0.39 is 0 Å². The van der Waals surface area contributed by atoms with E-state index in [0.29, 0.717) is 16.7 Å². The second-order valence-corrected chi connectivity index (χ2v) is 4.57. The summed E-state index contributed by atoms with van der Waals surface area (Å²) in [4.78, 5) is 17.7. The number of carbonyl (C=O) groups is 1. The average Bonchev–Trinajstić information content (AvgIpc) is 2.81. The summed E-state index contributed by atoms with van der Waals surface area (Å²) >= 11 is 1.38. The quantitative estimate of drug-likeness (QED) is 0.757. The van der Waals surface area contributed by atoms with Crippen LogP contribution in [0.15, 0.2) is 23.6 Å². The highest BCUT2D eigenvalue weighted by Crippen LogP contribution is 2.16. The summed E-state index contributed by atoms with van der Waals surface area (Å²) in [6, 6.07) is 1.81. The maximum Gasteiger partial charge on any atom is 0.255 e. The molecule has 1 amide bonds. The zero-order valence-corrected chi connectivity index (χ0v) is 11.2. The number of nitrogens with zero attached hydrogens (tertiary/aromatic N) is 5. The van der Waals surface area contributed by atoms with Crippen molar-refractivity contribution in [3.05, 3.63) is 18.5 Å². The number of aromatic nitrogens is 4. The van der Waals surface area contributed by atoms with E-state index in [1.807, 2.05) is 26.1 Å². The Kier molecular flexibility index (Phi) is 4.14. The Morgan fingerprint density at radius 3 is 2.89 bits per heavy atom. The Morgan fingerprint density at radius 1 is 1.39 bits per heavy atom. The van der Waals surface area contributed by atoms with Gasteiger partial charge in [-0.1, -0.05) is 11.8 Å². The lowest BCUT2D eigenvalue weighted by Gasteiger charge is -2.17. The summed E-state index contributed by atoms with van der Waals surface area (Å²) in [6.07, 6.45) is 3.51. The van der Waals surface area contributed by atoms with Crippen molar-refractivity contribution in [1.82, 2.24) is 24.5 Å². The number of fused-ring (bicyclic) bond motifs is 1. The Morgan fingerprint density at radius 2 is 2.17 bits per heavy atom. The fourth-order valence-electron chi connectivity index (χ4n) is 1.61. The van der Waals surface area contributed by atoms with Crippen LogP contribution >= 0.6 is 11.8 Å². The van der Waals surface area contributed by atoms with Gasteiger partial charge in [0.1, 0.15) is 0 Å². The van der Waals surface area contributed by atoms with Gasteiger partial charge >= 0.3 is 0 Å². The fourth-order valence-corrected chi connectivity index (χ4v) is 2.43. The Hall–Kier alpha value is -1.63. The maximum absolute atomic E-state index is 11.9. The fraction of sp³-hybridized carbons (Fsp3) is 0.455. The highest BCUT2D eigenvalue weighted by atomic mass is 32.2. The summed E-state index contributed by atoms with van der Waals surface area (Å²) in [6.45, 7) is 5.42. The molecule has 18 heavy (non-hydrogen) atoms. The van der Waals surface area contributed by atoms with Gasteiger partial charge in [-0.25, -0.2) is 4.98 Å². The van der Waals surface area contributed by atoms with Gasteiger partial charge in [-0.05, 0) is 19.9 Å². The van der Waals surface area contributed by atoms with E-state index in [1.54, 1.807) is 15.5 Å². The molecular formula is C11H15N5OS. The molecule has 0 N–H and O–H groups in total. The highest BCUT2D eigenvalue weighted by Gasteiger charge is 2.12. The molecule has 0 saturated carbocycles. The van der Waals surface area contributed by atoms with Gasteiger partial charge in [-0.2, -0.15) is 0 Å². The van der Waals surface area contributed by atoms with Gasteiger partial charge in [0.25, 0.3) is 5.78 Å². The van der Waals surface area contributed by atoms with E-state index in [4.69, 9.17) is 0 Å². The van der Waals surface area contributed by atoms with Crippen molar-refractivity contribution in [2.45, 2.75) is 19.0 Å². The van der Waals surface area contributed by atoms with Gasteiger partial charge in [-0.15, -0.1) is 10.2 Å². The normalized spacial score (nSPS) is 10.8. The molecule has 0 fully saturated rings. The summed E-state index contributed by atoms with van der Waals surface area (Å²) in [5.74, 6) is 1.04. The van der Waals surface area contributed by atoms with Crippen molar-refractivity contribution in [1.29, 1.82) is 0 Å². The number of carbonyl (C=O) groups excluding carboxylic acids is 1. The standard InChI is InChI=1S/C11H15N5OS/c1-3-15(4-2)9(17)8-18-11-14-13-10-12-6-5-7-16(10)11/h5-7H,3-4,8H2,1-2H3. The van der Waals surface area contributed by atoms with Crippen LogP contribution in [0.5, 0.6) is 0 Å². The molecule has 2 aromatic rings. The van der Waals surface area contributed by atoms with Gasteiger partial charge < -0.3 is 4.90 Å². The van der Waals surface area contributed by atoms with Crippen molar-refractivity contribution in [3.8, 4) is 0 Å². The average molecular weight is 265 g/mol. The molecule has 2 rings (SSSR count). The van der Waals surface area contributed by atoms with E-state index in [-0.39, 0.29) is 5.91 Å². The monoisotopic (exact) mass is 265 g/mol. The third-order valence-electron chi connectivity index (χ3n) is 2.60. The van der Waals surface area contributed by atoms with E-state index in [1.165, 1.54) is 11.8 Å². The van der Waals surface area contributed by atoms with Crippen LogP contribution in [-0.4, -0.2) is 49.2 Å². The number of rotatable bonds is 5. The largest absolute Gasteiger partial charge is 0.343 e. The topological polar surface area (TPSA) is 63.4 Å². The third kappa shape index (κ3) is 2.61. The molecule has 0 unspecified atom stereocenters. The number of thioether (sulfide) groups is 1. The van der Waals surface area contributed by atoms with Crippen molar-refractivity contribution in [3.63, 3.8) is 0 Å². The molecule has 6 nitrogen and oxygen atoms in total. The first-order valence-electron chi connectivity index (χ1n) is 5.82. The Balaban J connectivity index is 2.04. The lowest BCUT2D eigenvalue weighted by Crippen LogP contribution is -2.31. The molecule has 0 saturated heterocycles. The molecule has 0 spiro atoms. The number of amides is 1. The van der Waals surface area contributed by atoms with Gasteiger partial charge in [0, 0.05) is 25.5 Å². The summed E-state index contributed by atoms with van der Waals surface area (Å²) in [5.41, 5.74) is 0. The number of hydrogen-bond donors (Lipinski definition) is 0. The first-order valence-corrected chi connectivity index (χ1v) is 6.81. The van der Waals surface area contributed by atoms with Crippen LogP contribution in [0, 0.1) is 0 Å². The number of hydrogen-bond acceptors (Lipinski definition) is 5. The molecule has 0 radical (unpaired) electrons. The van der Waals surface area contributed by atoms with Crippen LogP contribution < -0.4 is 0 Å². The molecule has 2 aromatic heterocycles. The van der Waals surface area contributed by atoms with Crippen molar-refractivity contribution in [2.24, 2.45) is 0 Å². The highest BCUT2D eigenvalue weighted by molar-refractivity contribution is 7.99. The minimum absolute atomic E-state index is 0.116. The third-order valence-corrected chi connectivity index (χ3v) is 3.53. The molecule has 0 aliphatic rings. The molecule has 0 bridgehead atoms. The second kappa shape index (κ2) is 5.81. The van der Waals surface area contributed by atoms with E-state index >= 15 is 0 Å². The molecule has 7 heteroatoms. The zero-order chi connectivity index (χ0) is 13.0. The molecule has 0 aromatic carbocycles. The SMILES string of the molecule is CCN(CC)C(=O)CSc1nnc2ncccn12. The van der Waals surface area contributed by atoms with Crippen LogP contribution in [0.4, 0.5) is 0 Å². The lowest BCUT2D eigenvalue weighted by molar-refractivity contribution is -0.127. The van der Waals surface area contributed by atoms with Crippen LogP contribution in [0.25, 0.3) is 5.78 Å². The summed E-state index contributed by atoms with van der Waals surface area (Å²) in [5, 5.41) is 8.65. The first-order chi connectivity index (χ1) is 8.76. The predicted octanol–water partition coefficient (Wildman–Crippen LogP) is 1.08. The first kappa shape index (κ1) is 12.8. The van der Waals surface area contributed by atoms with Crippen molar-refractivity contribution >= 4 is 23.4 Å². The van der Waals surface area contributed by atoms with Gasteiger partial charge in [-0.3, -0.25) is 9.20 Å². The smallest absolute Gasteiger partial charge is 0.255 e. The van der Waals surface area contributed by atoms with E-state index in [0.717, 1.165) is 13.1 Å². The molecule has 0 aliphatic carbocycles. The maximum atomic E-state index is 11.9. The van der Waals surface area contributed by atoms with E-state index in [2.05, 4.69) is 15.2 Å². The van der Waals surface area contributed by atoms with Gasteiger partial charge in [0.15, 0.2) is 5.16 Å². The molecular weight excluding hydrogens is 250 g/mol. The van der Waals surface area contributed by atoms with Crippen LogP contribution in [-0.2, 0) is 4.79 Å². The Labute approximate surface area is 109 Å². The Bertz CT molecular complexity index is 537. The molecule has 2 heterocycles. The van der Waals surface area contributed by atoms with Crippen LogP contribution in [0.3, 0.4) is 0 Å². The minimum atomic E-state index is 0.116. The van der Waals surface area contributed by atoms with Crippen LogP contribution in [0.1, 0.15) is 13.8 Å². The zero-order valence-electron chi connectivity index (χ0n) is 10.4. The molecule has 0 atom stereocenters. The van der Waals surface area contributed by atoms with E-state index in [9.17, 15) is 4.79 Å². The second-order valence-electron chi connectivity index (χ2n) is 3.63. The molecule has 0 aliphatic heterocycles. The summed E-state index contributed by atoms with van der Waals surface area (Å²) in [7, 11) is 0. The van der Waals surface area contributed by atoms with Crippen LogP contribution in [0.2, 0.25) is 0 Å². The van der Waals surface area contributed by atoms with Crippen molar-refractivity contribution in [2.75, 3.05) is 18.8 Å². The molecule has 96 valence electrons. The minimum Gasteiger partial charge on any atom is -0.343 e. The predicted molar refractivity (Wildman–Crippen MR) is 69.4 cm³/mol. The lowest BCUT2D eigenvalue weighted by atomic mass is 10.5. The summed E-state index contributed by atoms with van der Waals surface area (Å²) < 4.78 is 1.78. The van der Waals surface area contributed by atoms with Gasteiger partial charge in [0.2, 0.25) is 5.91 Å². The van der Waals surface area contributed by atoms with Crippen molar-refractivity contribution < 1.29 is 4.79 Å². The van der Waals surface area contributed by atoms with Gasteiger partial charge in [0.05, 0.1) is 5.75 Å².